The van der Waals surface area contributed by atoms with Gasteiger partial charge in [-0.1, -0.05) is 25.1 Å². The highest BCUT2D eigenvalue weighted by atomic mass is 32.2. The van der Waals surface area contributed by atoms with E-state index in [1.165, 1.54) is 47.8 Å². The summed E-state index contributed by atoms with van der Waals surface area (Å²) in [6, 6.07) is 5.77. The number of carbonyl (C=O) groups excluding carboxylic acids is 1. The fourth-order valence-corrected chi connectivity index (χ4v) is 4.70. The lowest BCUT2D eigenvalue weighted by atomic mass is 10.1. The molecule has 120 valence electrons. The summed E-state index contributed by atoms with van der Waals surface area (Å²) < 4.78 is 0.513. The number of carboxylic acids is 1. The summed E-state index contributed by atoms with van der Waals surface area (Å²) in [6.07, 6.45) is 2.52. The zero-order valence-corrected chi connectivity index (χ0v) is 13.7. The van der Waals surface area contributed by atoms with Crippen LogP contribution in [0.25, 0.3) is 6.08 Å². The van der Waals surface area contributed by atoms with Crippen LogP contribution in [0.15, 0.2) is 40.2 Å². The van der Waals surface area contributed by atoms with Gasteiger partial charge in [0.1, 0.15) is 5.57 Å². The molecule has 0 aromatic heterocycles. The first-order valence-corrected chi connectivity index (χ1v) is 8.49. The molecule has 1 aliphatic rings. The second-order valence-corrected chi connectivity index (χ2v) is 7.49. The molecule has 1 heterocycles. The summed E-state index contributed by atoms with van der Waals surface area (Å²) in [7, 11) is 0. The van der Waals surface area contributed by atoms with Gasteiger partial charge in [0.15, 0.2) is 5.78 Å². The third-order valence-electron chi connectivity index (χ3n) is 2.93. The first kappa shape index (κ1) is 17.3. The SMILES string of the molecule is C[C@@H]1CS/C(=C(/C(=O)O)C(=O)/C=C\c2cccc([N+](=O)[O-])c2)S1. The van der Waals surface area contributed by atoms with Crippen LogP contribution in [-0.2, 0) is 9.59 Å². The van der Waals surface area contributed by atoms with Crippen molar-refractivity contribution >= 4 is 47.0 Å². The molecule has 0 spiro atoms. The quantitative estimate of drug-likeness (QED) is 0.286. The van der Waals surface area contributed by atoms with E-state index in [4.69, 9.17) is 0 Å². The van der Waals surface area contributed by atoms with E-state index in [2.05, 4.69) is 0 Å². The maximum Gasteiger partial charge on any atom is 0.341 e. The van der Waals surface area contributed by atoms with Crippen molar-refractivity contribution in [1.29, 1.82) is 0 Å². The van der Waals surface area contributed by atoms with E-state index in [9.17, 15) is 24.8 Å². The Morgan fingerprint density at radius 1 is 1.43 bits per heavy atom. The molecular formula is C15H13NO5S2. The summed E-state index contributed by atoms with van der Waals surface area (Å²) in [6.45, 7) is 1.97. The zero-order valence-electron chi connectivity index (χ0n) is 12.1. The van der Waals surface area contributed by atoms with Crippen molar-refractivity contribution in [2.45, 2.75) is 12.2 Å². The molecule has 2 rings (SSSR count). The van der Waals surface area contributed by atoms with Gasteiger partial charge in [-0.05, 0) is 11.6 Å². The monoisotopic (exact) mass is 351 g/mol. The molecule has 0 amide bonds. The van der Waals surface area contributed by atoms with Gasteiger partial charge in [-0.15, -0.1) is 23.5 Å². The van der Waals surface area contributed by atoms with E-state index < -0.39 is 16.7 Å². The van der Waals surface area contributed by atoms with Crippen molar-refractivity contribution in [1.82, 2.24) is 0 Å². The molecule has 0 bridgehead atoms. The topological polar surface area (TPSA) is 97.5 Å². The van der Waals surface area contributed by atoms with Crippen LogP contribution in [-0.4, -0.2) is 32.8 Å². The molecule has 1 aromatic rings. The number of aliphatic carboxylic acids is 1. The Labute approximate surface area is 140 Å². The van der Waals surface area contributed by atoms with E-state index in [-0.39, 0.29) is 16.5 Å². The second kappa shape index (κ2) is 7.47. The first-order valence-electron chi connectivity index (χ1n) is 6.62. The van der Waals surface area contributed by atoms with Gasteiger partial charge in [-0.2, -0.15) is 0 Å². The van der Waals surface area contributed by atoms with Crippen LogP contribution in [0, 0.1) is 10.1 Å². The summed E-state index contributed by atoms with van der Waals surface area (Å²) >= 11 is 2.74. The van der Waals surface area contributed by atoms with Gasteiger partial charge in [0.2, 0.25) is 0 Å². The Bertz CT molecular complexity index is 726. The lowest BCUT2D eigenvalue weighted by Gasteiger charge is -2.02. The number of hydrogen-bond acceptors (Lipinski definition) is 6. The van der Waals surface area contributed by atoms with Gasteiger partial charge in [0.25, 0.3) is 5.69 Å². The van der Waals surface area contributed by atoms with Crippen molar-refractivity contribution in [2.75, 3.05) is 5.75 Å². The number of carbonyl (C=O) groups is 2. The number of ketones is 1. The van der Waals surface area contributed by atoms with Crippen molar-refractivity contribution in [2.24, 2.45) is 0 Å². The van der Waals surface area contributed by atoms with E-state index in [0.717, 1.165) is 11.8 Å². The lowest BCUT2D eigenvalue weighted by Crippen LogP contribution is -2.11. The highest BCUT2D eigenvalue weighted by Gasteiger charge is 2.27. The average molecular weight is 351 g/mol. The number of benzene rings is 1. The van der Waals surface area contributed by atoms with Gasteiger partial charge in [0, 0.05) is 23.1 Å². The Morgan fingerprint density at radius 2 is 2.17 bits per heavy atom. The fourth-order valence-electron chi connectivity index (χ4n) is 1.87. The third kappa shape index (κ3) is 4.46. The van der Waals surface area contributed by atoms with Crippen molar-refractivity contribution < 1.29 is 19.6 Å². The van der Waals surface area contributed by atoms with Crippen LogP contribution in [0.1, 0.15) is 12.5 Å². The molecule has 8 heteroatoms. The Kier molecular flexibility index (Phi) is 5.62. The smallest absolute Gasteiger partial charge is 0.341 e. The minimum atomic E-state index is -1.26. The fraction of sp³-hybridized carbons (Fsp3) is 0.200. The van der Waals surface area contributed by atoms with E-state index in [1.807, 2.05) is 6.92 Å². The number of non-ortho nitro benzene ring substituents is 1. The normalized spacial score (nSPS) is 19.8. The highest BCUT2D eigenvalue weighted by molar-refractivity contribution is 8.25. The van der Waals surface area contributed by atoms with Crippen molar-refractivity contribution in [3.63, 3.8) is 0 Å². The molecule has 1 saturated heterocycles. The van der Waals surface area contributed by atoms with Crippen LogP contribution < -0.4 is 0 Å². The number of nitro groups is 1. The second-order valence-electron chi connectivity index (χ2n) is 4.76. The average Bonchev–Trinajstić information content (AvgIpc) is 2.91. The maximum atomic E-state index is 12.2. The standard InChI is InChI=1S/C15H13NO5S2/c1-9-8-22-15(23-9)13(14(18)19)12(17)6-5-10-3-2-4-11(7-10)16(20)21/h2-7,9H,8H2,1H3,(H,18,19)/b6-5-,15-13-/t9-/m1/s1. The van der Waals surface area contributed by atoms with E-state index in [0.29, 0.717) is 9.80 Å². The Hall–Kier alpha value is -2.06. The summed E-state index contributed by atoms with van der Waals surface area (Å²) in [4.78, 5) is 33.7. The zero-order chi connectivity index (χ0) is 17.0. The molecule has 0 radical (unpaired) electrons. The molecule has 1 aliphatic heterocycles. The minimum Gasteiger partial charge on any atom is -0.477 e. The number of carboxylic acid groups (broad SMARTS) is 1. The lowest BCUT2D eigenvalue weighted by molar-refractivity contribution is -0.384. The Morgan fingerprint density at radius 3 is 2.74 bits per heavy atom. The molecule has 23 heavy (non-hydrogen) atoms. The van der Waals surface area contributed by atoms with E-state index in [1.54, 1.807) is 6.07 Å². The number of hydrogen-bond donors (Lipinski definition) is 1. The highest BCUT2D eigenvalue weighted by Crippen LogP contribution is 2.43. The van der Waals surface area contributed by atoms with Gasteiger partial charge >= 0.3 is 5.97 Å². The number of rotatable bonds is 5. The third-order valence-corrected chi connectivity index (χ3v) is 5.90. The molecule has 6 nitrogen and oxygen atoms in total. The molecule has 0 saturated carbocycles. The molecule has 1 atom stereocenters. The molecule has 0 unspecified atom stereocenters. The minimum absolute atomic E-state index is 0.0906. The summed E-state index contributed by atoms with van der Waals surface area (Å²) in [5.41, 5.74) is 0.126. The number of nitro benzene ring substituents is 1. The van der Waals surface area contributed by atoms with Crippen LogP contribution in [0.5, 0.6) is 0 Å². The summed E-state index contributed by atoms with van der Waals surface area (Å²) in [5.74, 6) is -1.12. The van der Waals surface area contributed by atoms with Crippen LogP contribution >= 0.6 is 23.5 Å². The predicted molar refractivity (Wildman–Crippen MR) is 91.3 cm³/mol. The Balaban J connectivity index is 2.24. The summed E-state index contributed by atoms with van der Waals surface area (Å²) in [5, 5.41) is 20.3. The number of allylic oxidation sites excluding steroid dienone is 1. The van der Waals surface area contributed by atoms with Crippen LogP contribution in [0.3, 0.4) is 0 Å². The molecular weight excluding hydrogens is 338 g/mol. The predicted octanol–water partition coefficient (Wildman–Crippen LogP) is 3.34. The number of nitrogens with zero attached hydrogens (tertiary/aromatic N) is 1. The molecule has 1 fully saturated rings. The van der Waals surface area contributed by atoms with E-state index >= 15 is 0 Å². The van der Waals surface area contributed by atoms with Gasteiger partial charge in [-0.25, -0.2) is 4.79 Å². The van der Waals surface area contributed by atoms with Gasteiger partial charge in [0.05, 0.1) is 9.16 Å². The van der Waals surface area contributed by atoms with Crippen molar-refractivity contribution in [3.05, 3.63) is 55.8 Å². The first-order chi connectivity index (χ1) is 10.9. The molecule has 1 aromatic carbocycles. The van der Waals surface area contributed by atoms with Crippen LogP contribution in [0.4, 0.5) is 5.69 Å². The molecule has 1 N–H and O–H groups in total. The number of thioether (sulfide) groups is 2. The van der Waals surface area contributed by atoms with Gasteiger partial charge < -0.3 is 5.11 Å². The molecule has 0 aliphatic carbocycles. The van der Waals surface area contributed by atoms with Crippen molar-refractivity contribution in [3.8, 4) is 0 Å². The largest absolute Gasteiger partial charge is 0.477 e. The van der Waals surface area contributed by atoms with Gasteiger partial charge in [-0.3, -0.25) is 14.9 Å². The maximum absolute atomic E-state index is 12.2. The van der Waals surface area contributed by atoms with Crippen LogP contribution in [0.2, 0.25) is 0 Å².